The van der Waals surface area contributed by atoms with Crippen molar-refractivity contribution in [1.82, 2.24) is 0 Å². The summed E-state index contributed by atoms with van der Waals surface area (Å²) in [5, 5.41) is 19.2. The molecule has 4 nitrogen and oxygen atoms in total. The Morgan fingerprint density at radius 2 is 2.06 bits per heavy atom. The molecule has 0 radical (unpaired) electrons. The van der Waals surface area contributed by atoms with E-state index in [0.717, 1.165) is 6.42 Å². The van der Waals surface area contributed by atoms with Crippen LogP contribution in [0.1, 0.15) is 19.8 Å². The van der Waals surface area contributed by atoms with Gasteiger partial charge in [0.1, 0.15) is 6.10 Å². The Labute approximate surface area is 101 Å². The third-order valence-corrected chi connectivity index (χ3v) is 4.21. The van der Waals surface area contributed by atoms with Gasteiger partial charge >= 0.3 is 0 Å². The fraction of sp³-hybridized carbons (Fsp3) is 0.846. The number of aliphatic hydroxyl groups excluding tert-OH is 2. The van der Waals surface area contributed by atoms with Crippen LogP contribution in [-0.4, -0.2) is 41.4 Å². The first-order valence-electron chi connectivity index (χ1n) is 6.27. The van der Waals surface area contributed by atoms with Crippen molar-refractivity contribution in [3.05, 3.63) is 0 Å². The van der Waals surface area contributed by atoms with Gasteiger partial charge in [-0.15, -0.1) is 0 Å². The number of aliphatic hydroxyl groups is 2. The lowest BCUT2D eigenvalue weighted by atomic mass is 9.67. The van der Waals surface area contributed by atoms with E-state index in [4.69, 9.17) is 14.6 Å². The summed E-state index contributed by atoms with van der Waals surface area (Å²) < 4.78 is 11.4. The number of hydrogen-bond acceptors (Lipinski definition) is 4. The predicted octanol–water partition coefficient (Wildman–Crippen LogP) is 0.131. The standard InChI is InChI=1S/C13H18O4/c1-8(14)2-3-9-10-7-13(16-4-5-17-13)11(10)6-12(9)15/h8-12,14-15H,4-7H2,1H3. The van der Waals surface area contributed by atoms with Gasteiger partial charge in [-0.1, -0.05) is 11.8 Å². The van der Waals surface area contributed by atoms with Crippen molar-refractivity contribution in [2.45, 2.75) is 37.8 Å². The average molecular weight is 238 g/mol. The van der Waals surface area contributed by atoms with Crippen LogP contribution in [0.2, 0.25) is 0 Å². The minimum Gasteiger partial charge on any atom is -0.392 e. The number of fused-ring (bicyclic) bond motifs is 2. The highest BCUT2D eigenvalue weighted by molar-refractivity contribution is 5.19. The third kappa shape index (κ3) is 1.69. The van der Waals surface area contributed by atoms with Gasteiger partial charge in [-0.2, -0.15) is 0 Å². The Hall–Kier alpha value is -0.600. The van der Waals surface area contributed by atoms with E-state index in [1.54, 1.807) is 6.92 Å². The SMILES string of the molecule is CC(O)C#CC1C(O)CC2C1CC21OCCO1. The average Bonchev–Trinajstić information content (AvgIpc) is 2.83. The van der Waals surface area contributed by atoms with Crippen molar-refractivity contribution in [2.24, 2.45) is 17.8 Å². The molecule has 1 aliphatic heterocycles. The summed E-state index contributed by atoms with van der Waals surface area (Å²) in [6, 6.07) is 0. The summed E-state index contributed by atoms with van der Waals surface area (Å²) in [6.07, 6.45) is 0.482. The molecule has 3 rings (SSSR count). The number of hydrogen-bond donors (Lipinski definition) is 2. The molecule has 0 aromatic rings. The van der Waals surface area contributed by atoms with Crippen molar-refractivity contribution in [3.8, 4) is 11.8 Å². The quantitative estimate of drug-likeness (QED) is 0.589. The van der Waals surface area contributed by atoms with Crippen molar-refractivity contribution in [2.75, 3.05) is 13.2 Å². The Bertz CT molecular complexity index is 361. The molecule has 3 aliphatic rings. The zero-order valence-corrected chi connectivity index (χ0v) is 9.93. The number of ether oxygens (including phenoxy) is 2. The molecule has 2 saturated carbocycles. The normalized spacial score (nSPS) is 43.7. The molecule has 2 aliphatic carbocycles. The van der Waals surface area contributed by atoms with Crippen LogP contribution in [0.3, 0.4) is 0 Å². The maximum Gasteiger partial charge on any atom is 0.172 e. The predicted molar refractivity (Wildman–Crippen MR) is 59.8 cm³/mol. The van der Waals surface area contributed by atoms with Gasteiger partial charge < -0.3 is 19.7 Å². The van der Waals surface area contributed by atoms with Crippen LogP contribution in [0.5, 0.6) is 0 Å². The highest BCUT2D eigenvalue weighted by Crippen LogP contribution is 2.59. The van der Waals surface area contributed by atoms with Crippen LogP contribution in [0.25, 0.3) is 0 Å². The zero-order valence-electron chi connectivity index (χ0n) is 9.93. The molecule has 2 N–H and O–H groups in total. The van der Waals surface area contributed by atoms with E-state index in [9.17, 15) is 5.11 Å². The van der Waals surface area contributed by atoms with Gasteiger partial charge in [0.25, 0.3) is 0 Å². The topological polar surface area (TPSA) is 58.9 Å². The monoisotopic (exact) mass is 238 g/mol. The second kappa shape index (κ2) is 3.96. The summed E-state index contributed by atoms with van der Waals surface area (Å²) in [6.45, 7) is 2.95. The molecule has 5 unspecified atom stereocenters. The van der Waals surface area contributed by atoms with Gasteiger partial charge in [-0.3, -0.25) is 0 Å². The summed E-state index contributed by atoms with van der Waals surface area (Å²) >= 11 is 0. The first-order valence-corrected chi connectivity index (χ1v) is 6.27. The Balaban J connectivity index is 1.73. The van der Waals surface area contributed by atoms with Gasteiger partial charge in [0, 0.05) is 18.3 Å². The minimum absolute atomic E-state index is 0.0342. The van der Waals surface area contributed by atoms with Crippen LogP contribution in [0, 0.1) is 29.6 Å². The number of rotatable bonds is 0. The molecule has 1 heterocycles. The smallest absolute Gasteiger partial charge is 0.172 e. The lowest BCUT2D eigenvalue weighted by Crippen LogP contribution is -2.53. The molecule has 94 valence electrons. The second-order valence-electron chi connectivity index (χ2n) is 5.28. The van der Waals surface area contributed by atoms with E-state index in [1.165, 1.54) is 0 Å². The van der Waals surface area contributed by atoms with E-state index >= 15 is 0 Å². The van der Waals surface area contributed by atoms with E-state index < -0.39 is 18.0 Å². The van der Waals surface area contributed by atoms with Crippen molar-refractivity contribution in [1.29, 1.82) is 0 Å². The fourth-order valence-electron chi connectivity index (χ4n) is 3.43. The lowest BCUT2D eigenvalue weighted by Gasteiger charge is -2.48. The van der Waals surface area contributed by atoms with Crippen molar-refractivity contribution >= 4 is 0 Å². The first-order chi connectivity index (χ1) is 8.12. The van der Waals surface area contributed by atoms with Gasteiger partial charge in [-0.25, -0.2) is 0 Å². The van der Waals surface area contributed by atoms with Crippen molar-refractivity contribution < 1.29 is 19.7 Å². The Kier molecular flexibility index (Phi) is 2.68. The molecule has 17 heavy (non-hydrogen) atoms. The summed E-state index contributed by atoms with van der Waals surface area (Å²) in [5.74, 6) is 5.92. The van der Waals surface area contributed by atoms with Crippen LogP contribution in [0.4, 0.5) is 0 Å². The molecule has 5 atom stereocenters. The van der Waals surface area contributed by atoms with Gasteiger partial charge in [0.15, 0.2) is 5.79 Å². The highest BCUT2D eigenvalue weighted by atomic mass is 16.7. The van der Waals surface area contributed by atoms with Crippen molar-refractivity contribution in [3.63, 3.8) is 0 Å². The lowest BCUT2D eigenvalue weighted by molar-refractivity contribution is -0.270. The third-order valence-electron chi connectivity index (χ3n) is 4.21. The summed E-state index contributed by atoms with van der Waals surface area (Å²) in [4.78, 5) is 0. The van der Waals surface area contributed by atoms with E-state index in [-0.39, 0.29) is 11.8 Å². The summed E-state index contributed by atoms with van der Waals surface area (Å²) in [7, 11) is 0. The minimum atomic E-state index is -0.630. The molecule has 3 fully saturated rings. The molecule has 0 amide bonds. The Morgan fingerprint density at radius 3 is 2.71 bits per heavy atom. The van der Waals surface area contributed by atoms with Crippen LogP contribution in [-0.2, 0) is 9.47 Å². The van der Waals surface area contributed by atoms with Gasteiger partial charge in [0.05, 0.1) is 19.3 Å². The first kappa shape index (κ1) is 11.5. The molecule has 0 aromatic carbocycles. The van der Waals surface area contributed by atoms with Gasteiger partial charge in [-0.05, 0) is 19.3 Å². The zero-order chi connectivity index (χ0) is 12.0. The second-order valence-corrected chi connectivity index (χ2v) is 5.28. The fourth-order valence-corrected chi connectivity index (χ4v) is 3.43. The van der Waals surface area contributed by atoms with Crippen LogP contribution in [0.15, 0.2) is 0 Å². The molecular formula is C13H18O4. The molecule has 1 saturated heterocycles. The maximum absolute atomic E-state index is 10.0. The molecule has 1 spiro atoms. The van der Waals surface area contributed by atoms with Gasteiger partial charge in [0.2, 0.25) is 0 Å². The van der Waals surface area contributed by atoms with E-state index in [2.05, 4.69) is 11.8 Å². The highest BCUT2D eigenvalue weighted by Gasteiger charge is 2.64. The van der Waals surface area contributed by atoms with Crippen LogP contribution >= 0.6 is 0 Å². The van der Waals surface area contributed by atoms with E-state index in [0.29, 0.717) is 25.6 Å². The summed E-state index contributed by atoms with van der Waals surface area (Å²) in [5.41, 5.74) is 0. The Morgan fingerprint density at radius 1 is 1.35 bits per heavy atom. The van der Waals surface area contributed by atoms with E-state index in [1.807, 2.05) is 0 Å². The molecule has 4 heteroatoms. The maximum atomic E-state index is 10.0. The molecule has 0 bridgehead atoms. The molecular weight excluding hydrogens is 220 g/mol. The largest absolute Gasteiger partial charge is 0.392 e. The molecule has 0 aromatic heterocycles. The van der Waals surface area contributed by atoms with Crippen LogP contribution < -0.4 is 0 Å².